The molecular formula is C19H20O. The first-order chi connectivity index (χ1) is 9.72. The Labute approximate surface area is 120 Å². The summed E-state index contributed by atoms with van der Waals surface area (Å²) in [5, 5.41) is 0. The van der Waals surface area contributed by atoms with Gasteiger partial charge in [-0.2, -0.15) is 0 Å². The SMILES string of the molecule is Cc1cccc(CC(=O)c2ccc3c(c2)CCCC3)c1. The first-order valence-electron chi connectivity index (χ1n) is 7.43. The molecule has 2 aromatic rings. The molecule has 0 amide bonds. The summed E-state index contributed by atoms with van der Waals surface area (Å²) in [6, 6.07) is 14.5. The van der Waals surface area contributed by atoms with Gasteiger partial charge in [0.05, 0.1) is 0 Å². The monoisotopic (exact) mass is 264 g/mol. The minimum absolute atomic E-state index is 0.226. The fraction of sp³-hybridized carbons (Fsp3) is 0.316. The van der Waals surface area contributed by atoms with Crippen LogP contribution in [0.3, 0.4) is 0 Å². The van der Waals surface area contributed by atoms with E-state index in [1.807, 2.05) is 18.2 Å². The molecule has 102 valence electrons. The van der Waals surface area contributed by atoms with Crippen molar-refractivity contribution in [1.29, 1.82) is 0 Å². The fourth-order valence-corrected chi connectivity index (χ4v) is 3.02. The summed E-state index contributed by atoms with van der Waals surface area (Å²) in [6.45, 7) is 2.06. The van der Waals surface area contributed by atoms with Crippen LogP contribution in [-0.2, 0) is 19.3 Å². The summed E-state index contributed by atoms with van der Waals surface area (Å²) < 4.78 is 0. The predicted octanol–water partition coefficient (Wildman–Crippen LogP) is 4.30. The molecule has 0 fully saturated rings. The molecule has 1 aliphatic carbocycles. The zero-order valence-electron chi connectivity index (χ0n) is 12.0. The standard InChI is InChI=1S/C19H20O/c1-14-5-4-6-15(11-14)12-19(20)18-10-9-16-7-2-3-8-17(16)13-18/h4-6,9-11,13H,2-3,7-8,12H2,1H3. The van der Waals surface area contributed by atoms with Gasteiger partial charge in [0.2, 0.25) is 0 Å². The topological polar surface area (TPSA) is 17.1 Å². The summed E-state index contributed by atoms with van der Waals surface area (Å²) in [4.78, 5) is 12.4. The highest BCUT2D eigenvalue weighted by molar-refractivity contribution is 5.97. The van der Waals surface area contributed by atoms with Crippen LogP contribution in [0.15, 0.2) is 42.5 Å². The maximum atomic E-state index is 12.4. The number of fused-ring (bicyclic) bond motifs is 1. The van der Waals surface area contributed by atoms with Gasteiger partial charge in [0.15, 0.2) is 5.78 Å². The van der Waals surface area contributed by atoms with Crippen LogP contribution in [0.25, 0.3) is 0 Å². The Bertz CT molecular complexity index is 640. The first kappa shape index (κ1) is 13.1. The average molecular weight is 264 g/mol. The lowest BCUT2D eigenvalue weighted by molar-refractivity contribution is 0.0993. The van der Waals surface area contributed by atoms with E-state index < -0.39 is 0 Å². The molecule has 0 atom stereocenters. The molecule has 20 heavy (non-hydrogen) atoms. The van der Waals surface area contributed by atoms with Crippen LogP contribution < -0.4 is 0 Å². The number of rotatable bonds is 3. The maximum absolute atomic E-state index is 12.4. The van der Waals surface area contributed by atoms with Gasteiger partial charge in [-0.3, -0.25) is 4.79 Å². The molecule has 0 saturated heterocycles. The summed E-state index contributed by atoms with van der Waals surface area (Å²) in [5.74, 6) is 0.226. The van der Waals surface area contributed by atoms with Crippen molar-refractivity contribution in [2.24, 2.45) is 0 Å². The fourth-order valence-electron chi connectivity index (χ4n) is 3.02. The van der Waals surface area contributed by atoms with Gasteiger partial charge in [0.1, 0.15) is 0 Å². The number of hydrogen-bond donors (Lipinski definition) is 0. The van der Waals surface area contributed by atoms with E-state index in [0.29, 0.717) is 6.42 Å². The molecule has 1 nitrogen and oxygen atoms in total. The lowest BCUT2D eigenvalue weighted by Crippen LogP contribution is -2.08. The van der Waals surface area contributed by atoms with Crippen LogP contribution in [0.2, 0.25) is 0 Å². The van der Waals surface area contributed by atoms with Crippen molar-refractivity contribution >= 4 is 5.78 Å². The highest BCUT2D eigenvalue weighted by atomic mass is 16.1. The zero-order valence-corrected chi connectivity index (χ0v) is 12.0. The van der Waals surface area contributed by atoms with Crippen LogP contribution in [0.4, 0.5) is 0 Å². The van der Waals surface area contributed by atoms with E-state index in [1.165, 1.54) is 36.0 Å². The van der Waals surface area contributed by atoms with E-state index in [1.54, 1.807) is 0 Å². The van der Waals surface area contributed by atoms with E-state index in [9.17, 15) is 4.79 Å². The van der Waals surface area contributed by atoms with E-state index >= 15 is 0 Å². The van der Waals surface area contributed by atoms with Crippen molar-refractivity contribution in [2.45, 2.75) is 39.0 Å². The van der Waals surface area contributed by atoms with E-state index in [-0.39, 0.29) is 5.78 Å². The molecule has 0 aliphatic heterocycles. The number of hydrogen-bond acceptors (Lipinski definition) is 1. The number of benzene rings is 2. The molecule has 1 aliphatic rings. The van der Waals surface area contributed by atoms with Gasteiger partial charge >= 0.3 is 0 Å². The van der Waals surface area contributed by atoms with E-state index in [2.05, 4.69) is 31.2 Å². The Kier molecular flexibility index (Phi) is 3.68. The Morgan fingerprint density at radius 2 is 1.80 bits per heavy atom. The molecule has 0 bridgehead atoms. The Morgan fingerprint density at radius 3 is 2.60 bits per heavy atom. The molecule has 0 radical (unpaired) electrons. The number of Topliss-reactive ketones (excluding diaryl/α,β-unsaturated/α-hetero) is 1. The number of carbonyl (C=O) groups excluding carboxylic acids is 1. The molecule has 0 unspecified atom stereocenters. The molecule has 3 rings (SSSR count). The van der Waals surface area contributed by atoms with Crippen molar-refractivity contribution in [1.82, 2.24) is 0 Å². The third-order valence-electron chi connectivity index (χ3n) is 4.12. The maximum Gasteiger partial charge on any atom is 0.167 e. The first-order valence-corrected chi connectivity index (χ1v) is 7.43. The summed E-state index contributed by atoms with van der Waals surface area (Å²) >= 11 is 0. The minimum atomic E-state index is 0.226. The van der Waals surface area contributed by atoms with Crippen LogP contribution in [0.5, 0.6) is 0 Å². The predicted molar refractivity (Wildman–Crippen MR) is 82.3 cm³/mol. The van der Waals surface area contributed by atoms with Crippen molar-refractivity contribution in [3.8, 4) is 0 Å². The van der Waals surface area contributed by atoms with Gasteiger partial charge in [-0.15, -0.1) is 0 Å². The normalized spacial score (nSPS) is 13.8. The molecule has 2 aromatic carbocycles. The van der Waals surface area contributed by atoms with Gasteiger partial charge < -0.3 is 0 Å². The van der Waals surface area contributed by atoms with Crippen LogP contribution >= 0.6 is 0 Å². The largest absolute Gasteiger partial charge is 0.294 e. The van der Waals surface area contributed by atoms with Crippen molar-refractivity contribution < 1.29 is 4.79 Å². The van der Waals surface area contributed by atoms with Gasteiger partial charge in [-0.05, 0) is 55.4 Å². The second kappa shape index (κ2) is 5.62. The molecule has 0 heterocycles. The third-order valence-corrected chi connectivity index (χ3v) is 4.12. The highest BCUT2D eigenvalue weighted by Crippen LogP contribution is 2.23. The Hall–Kier alpha value is -1.89. The van der Waals surface area contributed by atoms with Crippen LogP contribution in [0, 0.1) is 6.92 Å². The Morgan fingerprint density at radius 1 is 1.00 bits per heavy atom. The zero-order chi connectivity index (χ0) is 13.9. The van der Waals surface area contributed by atoms with Crippen molar-refractivity contribution in [3.63, 3.8) is 0 Å². The Balaban J connectivity index is 1.80. The van der Waals surface area contributed by atoms with Gasteiger partial charge in [-0.1, -0.05) is 42.0 Å². The highest BCUT2D eigenvalue weighted by Gasteiger charge is 2.13. The number of aryl methyl sites for hydroxylation is 3. The second-order valence-electron chi connectivity index (χ2n) is 5.78. The smallest absolute Gasteiger partial charge is 0.167 e. The van der Waals surface area contributed by atoms with E-state index in [4.69, 9.17) is 0 Å². The van der Waals surface area contributed by atoms with Crippen molar-refractivity contribution in [3.05, 3.63) is 70.3 Å². The molecule has 0 spiro atoms. The molecule has 0 saturated carbocycles. The average Bonchev–Trinajstić information content (AvgIpc) is 2.47. The summed E-state index contributed by atoms with van der Waals surface area (Å²) in [6.07, 6.45) is 5.33. The molecule has 0 N–H and O–H groups in total. The second-order valence-corrected chi connectivity index (χ2v) is 5.78. The van der Waals surface area contributed by atoms with Crippen LogP contribution in [0.1, 0.15) is 45.5 Å². The van der Waals surface area contributed by atoms with Crippen LogP contribution in [-0.4, -0.2) is 5.78 Å². The number of ketones is 1. The number of carbonyl (C=O) groups is 1. The van der Waals surface area contributed by atoms with Crippen molar-refractivity contribution in [2.75, 3.05) is 0 Å². The lowest BCUT2D eigenvalue weighted by atomic mass is 9.89. The third kappa shape index (κ3) is 2.82. The van der Waals surface area contributed by atoms with E-state index in [0.717, 1.165) is 17.5 Å². The van der Waals surface area contributed by atoms with Gasteiger partial charge in [0.25, 0.3) is 0 Å². The molecule has 1 heteroatoms. The quantitative estimate of drug-likeness (QED) is 0.755. The molecular weight excluding hydrogens is 244 g/mol. The minimum Gasteiger partial charge on any atom is -0.294 e. The summed E-state index contributed by atoms with van der Waals surface area (Å²) in [5.41, 5.74) is 6.00. The lowest BCUT2D eigenvalue weighted by Gasteiger charge is -2.16. The van der Waals surface area contributed by atoms with Gasteiger partial charge in [-0.25, -0.2) is 0 Å². The molecule has 0 aromatic heterocycles. The summed E-state index contributed by atoms with van der Waals surface area (Å²) in [7, 11) is 0. The van der Waals surface area contributed by atoms with Gasteiger partial charge in [0, 0.05) is 12.0 Å².